The maximum Gasteiger partial charge on any atom is 0.137 e. The highest BCUT2D eigenvalue weighted by Gasteiger charge is 1.99. The topological polar surface area (TPSA) is 9.23 Å². The van der Waals surface area contributed by atoms with Crippen LogP contribution in [0.3, 0.4) is 0 Å². The van der Waals surface area contributed by atoms with Crippen LogP contribution in [0, 0.1) is 6.92 Å². The van der Waals surface area contributed by atoms with Gasteiger partial charge in [-0.05, 0) is 25.1 Å². The molecule has 1 rings (SSSR count). The number of hydrogen-bond donors (Lipinski definition) is 0. The fourth-order valence-corrected chi connectivity index (χ4v) is 1.17. The highest BCUT2D eigenvalue weighted by molar-refractivity contribution is 6.35. The Bertz CT molecular complexity index is 248. The van der Waals surface area contributed by atoms with Crippen molar-refractivity contribution in [2.45, 2.75) is 0 Å². The zero-order valence-corrected chi connectivity index (χ0v) is 7.32. The summed E-state index contributed by atoms with van der Waals surface area (Å²) in [4.78, 5) is 0. The van der Waals surface area contributed by atoms with Gasteiger partial charge in [-0.25, -0.2) is 0 Å². The van der Waals surface area contributed by atoms with Crippen molar-refractivity contribution in [3.8, 4) is 5.75 Å². The van der Waals surface area contributed by atoms with Gasteiger partial charge >= 0.3 is 0 Å². The van der Waals surface area contributed by atoms with Gasteiger partial charge in [0.1, 0.15) is 5.75 Å². The van der Waals surface area contributed by atoms with E-state index in [9.17, 15) is 0 Å². The summed E-state index contributed by atoms with van der Waals surface area (Å²) >= 11 is 11.4. The Hall–Kier alpha value is -0.400. The number of hydrogen-bond acceptors (Lipinski definition) is 1. The van der Waals surface area contributed by atoms with Crippen LogP contribution in [0.15, 0.2) is 18.2 Å². The minimum atomic E-state index is 0.362. The van der Waals surface area contributed by atoms with E-state index in [1.165, 1.54) is 0 Å². The zero-order valence-electron chi connectivity index (χ0n) is 5.81. The van der Waals surface area contributed by atoms with Gasteiger partial charge in [-0.15, -0.1) is 0 Å². The van der Waals surface area contributed by atoms with Crippen LogP contribution in [-0.4, -0.2) is 6.61 Å². The zero-order chi connectivity index (χ0) is 8.27. The molecule has 0 aliphatic carbocycles. The molecule has 0 heterocycles. The molecule has 0 saturated heterocycles. The summed E-state index contributed by atoms with van der Waals surface area (Å²) in [7, 11) is 0. The fraction of sp³-hybridized carbons (Fsp3) is 0.125. The predicted octanol–water partition coefficient (Wildman–Crippen LogP) is 3.21. The van der Waals surface area contributed by atoms with Gasteiger partial charge in [0.25, 0.3) is 0 Å². The summed E-state index contributed by atoms with van der Waals surface area (Å²) in [5.74, 6) is 0.617. The average molecular weight is 190 g/mol. The van der Waals surface area contributed by atoms with E-state index in [0.717, 1.165) is 0 Å². The molecule has 1 nitrogen and oxygen atoms in total. The minimum absolute atomic E-state index is 0.362. The smallest absolute Gasteiger partial charge is 0.137 e. The molecule has 1 aromatic carbocycles. The van der Waals surface area contributed by atoms with E-state index in [1.807, 2.05) is 0 Å². The molecule has 0 aliphatic heterocycles. The number of halogens is 2. The predicted molar refractivity (Wildman–Crippen MR) is 47.3 cm³/mol. The van der Waals surface area contributed by atoms with Crippen molar-refractivity contribution in [2.24, 2.45) is 0 Å². The second kappa shape index (κ2) is 3.84. The Kier molecular flexibility index (Phi) is 3.03. The first kappa shape index (κ1) is 8.69. The first-order valence-electron chi connectivity index (χ1n) is 3.11. The summed E-state index contributed by atoms with van der Waals surface area (Å²) in [6.07, 6.45) is 0. The highest BCUT2D eigenvalue weighted by atomic mass is 35.5. The third-order valence-corrected chi connectivity index (χ3v) is 1.68. The summed E-state index contributed by atoms with van der Waals surface area (Å²) in [5.41, 5.74) is 0. The van der Waals surface area contributed by atoms with Crippen molar-refractivity contribution in [2.75, 3.05) is 6.61 Å². The second-order valence-corrected chi connectivity index (χ2v) is 2.77. The van der Waals surface area contributed by atoms with E-state index in [1.54, 1.807) is 18.2 Å². The maximum atomic E-state index is 5.77. The fourth-order valence-electron chi connectivity index (χ4n) is 0.702. The largest absolute Gasteiger partial charge is 0.492 e. The molecule has 0 aliphatic rings. The van der Waals surface area contributed by atoms with Gasteiger partial charge in [0.05, 0.1) is 11.6 Å². The Morgan fingerprint density at radius 2 is 2.09 bits per heavy atom. The molecule has 0 bridgehead atoms. The van der Waals surface area contributed by atoms with E-state index in [0.29, 0.717) is 22.4 Å². The van der Waals surface area contributed by atoms with Crippen molar-refractivity contribution >= 4 is 23.2 Å². The lowest BCUT2D eigenvalue weighted by molar-refractivity contribution is 0.361. The molecule has 0 amide bonds. The van der Waals surface area contributed by atoms with Crippen molar-refractivity contribution in [3.63, 3.8) is 0 Å². The molecular weight excluding hydrogens is 183 g/mol. The van der Waals surface area contributed by atoms with Crippen molar-refractivity contribution in [1.82, 2.24) is 0 Å². The molecule has 0 unspecified atom stereocenters. The Morgan fingerprint density at radius 1 is 1.36 bits per heavy atom. The number of ether oxygens (including phenoxy) is 1. The van der Waals surface area contributed by atoms with Gasteiger partial charge in [0, 0.05) is 5.02 Å². The SMILES string of the molecule is [CH2]COc1ccc(Cl)cc1Cl. The number of rotatable bonds is 2. The van der Waals surface area contributed by atoms with Gasteiger partial charge in [0.2, 0.25) is 0 Å². The molecule has 0 aromatic heterocycles. The Balaban J connectivity index is 2.90. The van der Waals surface area contributed by atoms with Crippen LogP contribution >= 0.6 is 23.2 Å². The molecule has 1 radical (unpaired) electrons. The summed E-state index contributed by atoms with van der Waals surface area (Å²) < 4.78 is 5.09. The molecule has 0 spiro atoms. The van der Waals surface area contributed by atoms with Crippen LogP contribution in [-0.2, 0) is 0 Å². The third-order valence-electron chi connectivity index (χ3n) is 1.15. The standard InChI is InChI=1S/C8H7Cl2O/c1-2-11-8-4-3-6(9)5-7(8)10/h3-5H,1-2H2. The van der Waals surface area contributed by atoms with Crippen LogP contribution in [0.5, 0.6) is 5.75 Å². The highest BCUT2D eigenvalue weighted by Crippen LogP contribution is 2.27. The summed E-state index contributed by atoms with van der Waals surface area (Å²) in [6, 6.07) is 5.07. The second-order valence-electron chi connectivity index (χ2n) is 1.92. The number of benzene rings is 1. The molecule has 0 atom stereocenters. The monoisotopic (exact) mass is 189 g/mol. The van der Waals surface area contributed by atoms with Gasteiger partial charge in [-0.2, -0.15) is 0 Å². The van der Waals surface area contributed by atoms with Crippen molar-refractivity contribution in [1.29, 1.82) is 0 Å². The summed E-state index contributed by atoms with van der Waals surface area (Å²) in [6.45, 7) is 3.89. The van der Waals surface area contributed by atoms with E-state index in [-0.39, 0.29) is 0 Å². The van der Waals surface area contributed by atoms with Crippen LogP contribution < -0.4 is 4.74 Å². The lowest BCUT2D eigenvalue weighted by Gasteiger charge is -2.04. The quantitative estimate of drug-likeness (QED) is 0.695. The van der Waals surface area contributed by atoms with Crippen LogP contribution in [0.1, 0.15) is 0 Å². The van der Waals surface area contributed by atoms with E-state index in [4.69, 9.17) is 27.9 Å². The van der Waals surface area contributed by atoms with Crippen LogP contribution in [0.25, 0.3) is 0 Å². The van der Waals surface area contributed by atoms with E-state index < -0.39 is 0 Å². The molecule has 0 saturated carbocycles. The van der Waals surface area contributed by atoms with Crippen LogP contribution in [0.2, 0.25) is 10.0 Å². The first-order chi connectivity index (χ1) is 5.24. The molecule has 59 valence electrons. The third kappa shape index (κ3) is 2.28. The lowest BCUT2D eigenvalue weighted by atomic mass is 10.3. The van der Waals surface area contributed by atoms with Crippen molar-refractivity contribution < 1.29 is 4.74 Å². The first-order valence-corrected chi connectivity index (χ1v) is 3.86. The van der Waals surface area contributed by atoms with Crippen LogP contribution in [0.4, 0.5) is 0 Å². The molecule has 0 fully saturated rings. The Labute approximate surface area is 75.9 Å². The van der Waals surface area contributed by atoms with Gasteiger partial charge in [-0.1, -0.05) is 23.2 Å². The average Bonchev–Trinajstić information content (AvgIpc) is 1.95. The normalized spacial score (nSPS) is 9.73. The molecule has 1 aromatic rings. The summed E-state index contributed by atoms with van der Waals surface area (Å²) in [5, 5.41) is 1.12. The minimum Gasteiger partial charge on any atom is -0.492 e. The van der Waals surface area contributed by atoms with Gasteiger partial charge in [0.15, 0.2) is 0 Å². The molecular formula is C8H7Cl2O. The van der Waals surface area contributed by atoms with Gasteiger partial charge in [-0.3, -0.25) is 0 Å². The molecule has 0 N–H and O–H groups in total. The molecule has 11 heavy (non-hydrogen) atoms. The van der Waals surface area contributed by atoms with E-state index in [2.05, 4.69) is 6.92 Å². The van der Waals surface area contributed by atoms with Gasteiger partial charge < -0.3 is 4.74 Å². The van der Waals surface area contributed by atoms with E-state index >= 15 is 0 Å². The maximum absolute atomic E-state index is 5.77. The Morgan fingerprint density at radius 3 is 2.64 bits per heavy atom. The molecule has 3 heteroatoms. The van der Waals surface area contributed by atoms with Crippen molar-refractivity contribution in [3.05, 3.63) is 35.2 Å². The lowest BCUT2D eigenvalue weighted by Crippen LogP contribution is -1.91.